The first-order valence-electron chi connectivity index (χ1n) is 6.19. The summed E-state index contributed by atoms with van der Waals surface area (Å²) in [7, 11) is 1.89. The lowest BCUT2D eigenvalue weighted by Crippen LogP contribution is -2.30. The van der Waals surface area contributed by atoms with E-state index in [1.807, 2.05) is 16.8 Å². The van der Waals surface area contributed by atoms with Crippen molar-refractivity contribution in [3.63, 3.8) is 0 Å². The normalized spacial score (nSPS) is 20.2. The van der Waals surface area contributed by atoms with E-state index in [1.54, 1.807) is 0 Å². The van der Waals surface area contributed by atoms with E-state index in [9.17, 15) is 4.79 Å². The Bertz CT molecular complexity index is 399. The number of hydrogen-bond acceptors (Lipinski definition) is 1. The fraction of sp³-hybridized carbons (Fsp3) is 0.500. The summed E-state index contributed by atoms with van der Waals surface area (Å²) in [6, 6.07) is 8.91. The van der Waals surface area contributed by atoms with Crippen LogP contribution in [0, 0.1) is 6.92 Å². The van der Waals surface area contributed by atoms with Gasteiger partial charge in [-0.3, -0.25) is 0 Å². The molecule has 0 radical (unpaired) electrons. The molecule has 0 saturated carbocycles. The fourth-order valence-electron chi connectivity index (χ4n) is 2.28. The Hall–Kier alpha value is -1.51. The topological polar surface area (TPSA) is 23.6 Å². The summed E-state index contributed by atoms with van der Waals surface area (Å²) in [6.07, 6.45) is 1.02. The molecule has 0 aliphatic carbocycles. The Labute approximate surface area is 103 Å². The van der Waals surface area contributed by atoms with E-state index in [-0.39, 0.29) is 6.03 Å². The summed E-state index contributed by atoms with van der Waals surface area (Å²) >= 11 is 0. The molecule has 1 heterocycles. The van der Waals surface area contributed by atoms with Crippen LogP contribution in [-0.2, 0) is 6.54 Å². The van der Waals surface area contributed by atoms with Gasteiger partial charge in [0.25, 0.3) is 0 Å². The zero-order valence-electron chi connectivity index (χ0n) is 10.8. The summed E-state index contributed by atoms with van der Waals surface area (Å²) in [5, 5.41) is 0. The van der Waals surface area contributed by atoms with E-state index < -0.39 is 0 Å². The van der Waals surface area contributed by atoms with Crippen molar-refractivity contribution in [3.05, 3.63) is 35.4 Å². The van der Waals surface area contributed by atoms with Gasteiger partial charge in [-0.15, -0.1) is 0 Å². The molecule has 1 fully saturated rings. The van der Waals surface area contributed by atoms with E-state index in [4.69, 9.17) is 0 Å². The average molecular weight is 232 g/mol. The van der Waals surface area contributed by atoms with Gasteiger partial charge in [-0.2, -0.15) is 0 Å². The molecular weight excluding hydrogens is 212 g/mol. The maximum absolute atomic E-state index is 12.0. The molecule has 1 aliphatic rings. The molecule has 3 heteroatoms. The standard InChI is InChI=1S/C14H20N2O/c1-4-13-10-16(14(17)15(13)3)9-12-7-5-11(2)6-8-12/h5-8,13H,4,9-10H2,1-3H3. The number of hydrogen-bond donors (Lipinski definition) is 0. The largest absolute Gasteiger partial charge is 0.323 e. The lowest BCUT2D eigenvalue weighted by Gasteiger charge is -2.16. The molecule has 0 bridgehead atoms. The van der Waals surface area contributed by atoms with Gasteiger partial charge < -0.3 is 9.80 Å². The van der Waals surface area contributed by atoms with Crippen molar-refractivity contribution >= 4 is 6.03 Å². The minimum absolute atomic E-state index is 0.150. The maximum Gasteiger partial charge on any atom is 0.320 e. The second kappa shape index (κ2) is 4.78. The van der Waals surface area contributed by atoms with Crippen LogP contribution in [0.2, 0.25) is 0 Å². The molecule has 1 aliphatic heterocycles. The number of carbonyl (C=O) groups is 1. The third kappa shape index (κ3) is 2.43. The van der Waals surface area contributed by atoms with Crippen LogP contribution in [0.1, 0.15) is 24.5 Å². The summed E-state index contributed by atoms with van der Waals surface area (Å²) in [5.74, 6) is 0. The highest BCUT2D eigenvalue weighted by atomic mass is 16.2. The Kier molecular flexibility index (Phi) is 3.36. The number of aryl methyl sites for hydroxylation is 1. The molecule has 2 rings (SSSR count). The molecule has 17 heavy (non-hydrogen) atoms. The monoisotopic (exact) mass is 232 g/mol. The van der Waals surface area contributed by atoms with Crippen LogP contribution >= 0.6 is 0 Å². The van der Waals surface area contributed by atoms with Gasteiger partial charge in [-0.25, -0.2) is 4.79 Å². The van der Waals surface area contributed by atoms with E-state index in [0.717, 1.165) is 19.5 Å². The van der Waals surface area contributed by atoms with Gasteiger partial charge in [-0.05, 0) is 18.9 Å². The first-order chi connectivity index (χ1) is 8.11. The average Bonchev–Trinajstić information content (AvgIpc) is 2.60. The molecule has 0 N–H and O–H groups in total. The molecule has 1 saturated heterocycles. The number of rotatable bonds is 3. The van der Waals surface area contributed by atoms with Gasteiger partial charge in [-0.1, -0.05) is 36.8 Å². The van der Waals surface area contributed by atoms with Gasteiger partial charge in [0.05, 0.1) is 6.04 Å². The number of benzene rings is 1. The van der Waals surface area contributed by atoms with Crippen molar-refractivity contribution < 1.29 is 4.79 Å². The minimum Gasteiger partial charge on any atom is -0.323 e. The zero-order chi connectivity index (χ0) is 12.4. The van der Waals surface area contributed by atoms with Crippen LogP contribution in [0.5, 0.6) is 0 Å². The van der Waals surface area contributed by atoms with E-state index >= 15 is 0 Å². The highest BCUT2D eigenvalue weighted by molar-refractivity contribution is 5.76. The molecule has 0 aromatic heterocycles. The van der Waals surface area contributed by atoms with E-state index in [1.165, 1.54) is 11.1 Å². The molecule has 1 atom stereocenters. The summed E-state index contributed by atoms with van der Waals surface area (Å²) in [5.41, 5.74) is 2.46. The lowest BCUT2D eigenvalue weighted by molar-refractivity contribution is 0.193. The van der Waals surface area contributed by atoms with Crippen LogP contribution in [0.4, 0.5) is 4.79 Å². The third-order valence-corrected chi connectivity index (χ3v) is 3.52. The zero-order valence-corrected chi connectivity index (χ0v) is 10.8. The number of nitrogens with zero attached hydrogens (tertiary/aromatic N) is 2. The minimum atomic E-state index is 0.150. The van der Waals surface area contributed by atoms with Crippen LogP contribution < -0.4 is 0 Å². The molecule has 0 spiro atoms. The Morgan fingerprint density at radius 3 is 2.47 bits per heavy atom. The Morgan fingerprint density at radius 1 is 1.29 bits per heavy atom. The van der Waals surface area contributed by atoms with Crippen molar-refractivity contribution in [1.29, 1.82) is 0 Å². The highest BCUT2D eigenvalue weighted by Crippen LogP contribution is 2.19. The smallest absolute Gasteiger partial charge is 0.320 e. The van der Waals surface area contributed by atoms with Crippen LogP contribution in [-0.4, -0.2) is 35.5 Å². The summed E-state index contributed by atoms with van der Waals surface area (Å²) < 4.78 is 0. The highest BCUT2D eigenvalue weighted by Gasteiger charge is 2.32. The molecule has 1 unspecified atom stereocenters. The van der Waals surface area contributed by atoms with Gasteiger partial charge >= 0.3 is 6.03 Å². The van der Waals surface area contributed by atoms with Gasteiger partial charge in [0, 0.05) is 20.1 Å². The van der Waals surface area contributed by atoms with Crippen molar-refractivity contribution in [2.45, 2.75) is 32.9 Å². The second-order valence-electron chi connectivity index (χ2n) is 4.82. The number of likely N-dealkylation sites (N-methyl/N-ethyl adjacent to an activating group) is 1. The molecule has 1 aromatic rings. The van der Waals surface area contributed by atoms with Crippen LogP contribution in [0.15, 0.2) is 24.3 Å². The third-order valence-electron chi connectivity index (χ3n) is 3.52. The van der Waals surface area contributed by atoms with Crippen LogP contribution in [0.25, 0.3) is 0 Å². The molecular formula is C14H20N2O. The first kappa shape index (κ1) is 12.0. The van der Waals surface area contributed by atoms with Gasteiger partial charge in [0.15, 0.2) is 0 Å². The number of carbonyl (C=O) groups excluding carboxylic acids is 1. The lowest BCUT2D eigenvalue weighted by atomic mass is 10.1. The van der Waals surface area contributed by atoms with Gasteiger partial charge in [0.2, 0.25) is 0 Å². The van der Waals surface area contributed by atoms with Crippen molar-refractivity contribution in [1.82, 2.24) is 9.80 Å². The first-order valence-corrected chi connectivity index (χ1v) is 6.19. The number of amides is 2. The van der Waals surface area contributed by atoms with Gasteiger partial charge in [0.1, 0.15) is 0 Å². The summed E-state index contributed by atoms with van der Waals surface area (Å²) in [6.45, 7) is 5.77. The van der Waals surface area contributed by atoms with E-state index in [0.29, 0.717) is 6.04 Å². The van der Waals surface area contributed by atoms with Crippen molar-refractivity contribution in [3.8, 4) is 0 Å². The summed E-state index contributed by atoms with van der Waals surface area (Å²) in [4.78, 5) is 15.8. The quantitative estimate of drug-likeness (QED) is 0.786. The van der Waals surface area contributed by atoms with Crippen molar-refractivity contribution in [2.24, 2.45) is 0 Å². The SMILES string of the molecule is CCC1CN(Cc2ccc(C)cc2)C(=O)N1C. The van der Waals surface area contributed by atoms with E-state index in [2.05, 4.69) is 38.1 Å². The molecule has 2 amide bonds. The van der Waals surface area contributed by atoms with Crippen molar-refractivity contribution in [2.75, 3.05) is 13.6 Å². The fourth-order valence-corrected chi connectivity index (χ4v) is 2.28. The predicted octanol–water partition coefficient (Wildman–Crippen LogP) is 2.64. The molecule has 1 aromatic carbocycles. The Balaban J connectivity index is 2.05. The molecule has 3 nitrogen and oxygen atoms in total. The van der Waals surface area contributed by atoms with Crippen LogP contribution in [0.3, 0.4) is 0 Å². The maximum atomic E-state index is 12.0. The second-order valence-corrected chi connectivity index (χ2v) is 4.82. The predicted molar refractivity (Wildman–Crippen MR) is 68.8 cm³/mol. The Morgan fingerprint density at radius 2 is 1.94 bits per heavy atom. The number of urea groups is 1. The molecule has 92 valence electrons.